The van der Waals surface area contributed by atoms with Crippen molar-refractivity contribution in [2.75, 3.05) is 0 Å². The molecular formula is C11H29F3N2O4SSi3. The van der Waals surface area contributed by atoms with Crippen molar-refractivity contribution >= 4 is 40.9 Å². The van der Waals surface area contributed by atoms with Crippen LogP contribution in [0.2, 0.25) is 58.9 Å². The smallest absolute Gasteiger partial charge is 0.366 e. The molecule has 0 saturated carbocycles. The highest BCUT2D eigenvalue weighted by molar-refractivity contribution is 7.88. The van der Waals surface area contributed by atoms with E-state index in [1.807, 2.05) is 0 Å². The van der Waals surface area contributed by atoms with E-state index >= 15 is 0 Å². The summed E-state index contributed by atoms with van der Waals surface area (Å²) in [6.45, 7) is 16.7. The molecule has 0 aromatic carbocycles. The number of amides is 2. The second kappa shape index (κ2) is 8.33. The molecule has 0 aliphatic heterocycles. The molecule has 2 amide bonds. The van der Waals surface area contributed by atoms with Crippen molar-refractivity contribution in [3.63, 3.8) is 0 Å². The minimum Gasteiger partial charge on any atom is -0.366 e. The molecule has 13 heteroatoms. The molecule has 0 aromatic rings. The average molecular weight is 427 g/mol. The summed E-state index contributed by atoms with van der Waals surface area (Å²) in [5.74, 6) is 0. The summed E-state index contributed by atoms with van der Waals surface area (Å²) in [7, 11) is -11.0. The van der Waals surface area contributed by atoms with E-state index in [1.54, 1.807) is 0 Å². The van der Waals surface area contributed by atoms with E-state index in [2.05, 4.69) is 53.1 Å². The van der Waals surface area contributed by atoms with Gasteiger partial charge in [0, 0.05) is 0 Å². The molecule has 0 atom stereocenters. The second-order valence-corrected chi connectivity index (χ2v) is 23.9. The maximum atomic E-state index is 11.7. The Kier molecular flexibility index (Phi) is 8.98. The van der Waals surface area contributed by atoms with E-state index in [9.17, 15) is 26.4 Å². The van der Waals surface area contributed by atoms with Crippen LogP contribution in [0.3, 0.4) is 0 Å². The maximum absolute atomic E-state index is 11.7. The third-order valence-electron chi connectivity index (χ3n) is 1.62. The molecule has 2 N–H and O–H groups in total. The van der Waals surface area contributed by atoms with E-state index in [0.717, 1.165) is 0 Å². The lowest BCUT2D eigenvalue weighted by atomic mass is 11.2. The van der Waals surface area contributed by atoms with Gasteiger partial charge < -0.3 is 13.8 Å². The van der Waals surface area contributed by atoms with Gasteiger partial charge in [0.2, 0.25) is 8.32 Å². The molecule has 0 radical (unpaired) electrons. The maximum Gasteiger partial charge on any atom is 0.522 e. The molecule has 24 heavy (non-hydrogen) atoms. The first kappa shape index (κ1) is 25.9. The van der Waals surface area contributed by atoms with Crippen molar-refractivity contribution in [3.05, 3.63) is 0 Å². The summed E-state index contributed by atoms with van der Waals surface area (Å²) in [5.41, 5.74) is -5.31. The fraction of sp³-hybridized carbons (Fsp3) is 0.909. The van der Waals surface area contributed by atoms with Gasteiger partial charge in [0.15, 0.2) is 0 Å². The summed E-state index contributed by atoms with van der Waals surface area (Å²) in [6, 6.07) is 0.00772. The number of hydrogen-bond acceptors (Lipinski definition) is 4. The summed E-state index contributed by atoms with van der Waals surface area (Å²) in [6.07, 6.45) is 0. The first-order chi connectivity index (χ1) is 10.1. The molecule has 0 fully saturated rings. The van der Waals surface area contributed by atoms with Crippen LogP contribution < -0.4 is 9.96 Å². The highest BCUT2D eigenvalue weighted by Crippen LogP contribution is 2.27. The second-order valence-electron chi connectivity index (χ2n) is 8.17. The Morgan fingerprint density at radius 3 is 1.25 bits per heavy atom. The lowest BCUT2D eigenvalue weighted by Crippen LogP contribution is -2.56. The van der Waals surface area contributed by atoms with Crippen LogP contribution in [0.4, 0.5) is 18.0 Å². The van der Waals surface area contributed by atoms with Gasteiger partial charge in [-0.25, -0.2) is 0 Å². The van der Waals surface area contributed by atoms with E-state index in [0.29, 0.717) is 0 Å². The molecule has 0 rings (SSSR count). The normalized spacial score (nSPS) is 13.7. The molecule has 0 aliphatic rings. The predicted octanol–water partition coefficient (Wildman–Crippen LogP) is 3.64. The Bertz CT molecular complexity index is 503. The van der Waals surface area contributed by atoms with Gasteiger partial charge in [0.05, 0.1) is 0 Å². The monoisotopic (exact) mass is 426 g/mol. The molecule has 0 spiro atoms. The lowest BCUT2D eigenvalue weighted by Gasteiger charge is -2.23. The van der Waals surface area contributed by atoms with E-state index in [1.165, 1.54) is 19.6 Å². The van der Waals surface area contributed by atoms with E-state index in [4.69, 9.17) is 0 Å². The molecule has 0 unspecified atom stereocenters. The fourth-order valence-corrected chi connectivity index (χ4v) is 5.71. The molecule has 0 heterocycles. The Labute approximate surface area is 146 Å². The van der Waals surface area contributed by atoms with E-state index < -0.39 is 40.4 Å². The topological polar surface area (TPSA) is 84.5 Å². The number of rotatable bonds is 4. The summed E-state index contributed by atoms with van der Waals surface area (Å²) < 4.78 is 59.7. The number of hydrogen-bond donors (Lipinski definition) is 2. The first-order valence-corrected chi connectivity index (χ1v) is 19.0. The SMILES string of the molecule is C[Si](C)(C)NC(=O)N[Si](C)(C)C.C[Si](C)(C)OS(=O)(=O)C(F)(F)F. The van der Waals surface area contributed by atoms with Crippen molar-refractivity contribution in [2.24, 2.45) is 0 Å². The number of carbonyl (C=O) groups is 1. The van der Waals surface area contributed by atoms with E-state index in [-0.39, 0.29) is 6.03 Å². The quantitative estimate of drug-likeness (QED) is 0.531. The Hall–Kier alpha value is -0.379. The van der Waals surface area contributed by atoms with Crippen LogP contribution in [-0.4, -0.2) is 44.7 Å². The third-order valence-corrected chi connectivity index (χ3v) is 7.02. The number of urea groups is 1. The Balaban J connectivity index is 0. The average Bonchev–Trinajstić information content (AvgIpc) is 2.03. The fourth-order valence-electron chi connectivity index (χ4n) is 1.09. The Morgan fingerprint density at radius 2 is 1.12 bits per heavy atom. The summed E-state index contributed by atoms with van der Waals surface area (Å²) in [5, 5.41) is 0. The van der Waals surface area contributed by atoms with Gasteiger partial charge in [-0.15, -0.1) is 0 Å². The van der Waals surface area contributed by atoms with Crippen LogP contribution in [-0.2, 0) is 14.0 Å². The summed E-state index contributed by atoms with van der Waals surface area (Å²) >= 11 is 0. The van der Waals surface area contributed by atoms with Crippen LogP contribution in [0.5, 0.6) is 0 Å². The standard InChI is InChI=1S/C7H20N2OSi2.C4H9F3O3SSi/c1-11(2,3)8-7(10)9-12(4,5)6;1-12(2,3)10-11(8,9)4(5,6)7/h1-6H3,(H2,8,9,10);1-3H3. The molecule has 0 aromatic heterocycles. The Morgan fingerprint density at radius 1 is 0.833 bits per heavy atom. The number of carbonyl (C=O) groups excluding carboxylic acids is 1. The molecule has 146 valence electrons. The number of halogens is 3. The highest BCUT2D eigenvalue weighted by atomic mass is 32.2. The first-order valence-electron chi connectivity index (χ1n) is 7.18. The lowest BCUT2D eigenvalue weighted by molar-refractivity contribution is -0.0503. The van der Waals surface area contributed by atoms with Crippen LogP contribution in [0.1, 0.15) is 0 Å². The van der Waals surface area contributed by atoms with Crippen molar-refractivity contribution < 1.29 is 30.3 Å². The van der Waals surface area contributed by atoms with Crippen molar-refractivity contribution in [3.8, 4) is 0 Å². The van der Waals surface area contributed by atoms with Crippen LogP contribution in [0.15, 0.2) is 0 Å². The molecule has 0 aliphatic carbocycles. The van der Waals surface area contributed by atoms with Crippen LogP contribution in [0.25, 0.3) is 0 Å². The van der Waals surface area contributed by atoms with Gasteiger partial charge in [-0.3, -0.25) is 4.79 Å². The van der Waals surface area contributed by atoms with Crippen molar-refractivity contribution in [2.45, 2.75) is 64.4 Å². The highest BCUT2D eigenvalue weighted by Gasteiger charge is 2.49. The van der Waals surface area contributed by atoms with Crippen molar-refractivity contribution in [1.29, 1.82) is 0 Å². The summed E-state index contributed by atoms with van der Waals surface area (Å²) in [4.78, 5) is 17.3. The zero-order valence-corrected chi connectivity index (χ0v) is 19.5. The van der Waals surface area contributed by atoms with Crippen molar-refractivity contribution in [1.82, 2.24) is 9.96 Å². The predicted molar refractivity (Wildman–Crippen MR) is 97.8 cm³/mol. The largest absolute Gasteiger partial charge is 0.522 e. The van der Waals surface area contributed by atoms with Gasteiger partial charge in [0.25, 0.3) is 6.03 Å². The van der Waals surface area contributed by atoms with Gasteiger partial charge in [-0.1, -0.05) is 39.3 Å². The minimum absolute atomic E-state index is 0.00772. The third kappa shape index (κ3) is 15.2. The van der Waals surface area contributed by atoms with Crippen LogP contribution >= 0.6 is 0 Å². The molecule has 6 nitrogen and oxygen atoms in total. The van der Waals surface area contributed by atoms with Gasteiger partial charge in [0.1, 0.15) is 16.5 Å². The van der Waals surface area contributed by atoms with Gasteiger partial charge in [-0.05, 0) is 19.6 Å². The molecular weight excluding hydrogens is 397 g/mol. The van der Waals surface area contributed by atoms with Crippen LogP contribution in [0, 0.1) is 0 Å². The van der Waals surface area contributed by atoms with Gasteiger partial charge in [-0.2, -0.15) is 21.6 Å². The number of alkyl halides is 3. The zero-order chi connectivity index (χ0) is 20.2. The van der Waals surface area contributed by atoms with Gasteiger partial charge >= 0.3 is 15.6 Å². The zero-order valence-electron chi connectivity index (χ0n) is 15.7. The minimum atomic E-state index is -5.39. The molecule has 0 saturated heterocycles. The molecule has 0 bridgehead atoms. The number of nitrogens with one attached hydrogen (secondary N) is 2.